The fourth-order valence-corrected chi connectivity index (χ4v) is 2.23. The van der Waals surface area contributed by atoms with Gasteiger partial charge in [0.1, 0.15) is 0 Å². The molecule has 0 unspecified atom stereocenters. The molecule has 1 fully saturated rings. The Balaban J connectivity index is 2.22. The number of benzene rings is 1. The van der Waals surface area contributed by atoms with Crippen molar-refractivity contribution >= 4 is 34.5 Å². The Bertz CT molecular complexity index is 496. The molecule has 0 saturated carbocycles. The highest BCUT2D eigenvalue weighted by molar-refractivity contribution is 8.15. The van der Waals surface area contributed by atoms with Crippen molar-refractivity contribution in [3.05, 3.63) is 29.8 Å². The van der Waals surface area contributed by atoms with Crippen LogP contribution in [0.4, 0.5) is 5.69 Å². The zero-order chi connectivity index (χ0) is 12.4. The van der Waals surface area contributed by atoms with Crippen LogP contribution < -0.4 is 5.11 Å². The number of carbonyl (C=O) groups excluding carboxylic acids is 2. The first-order chi connectivity index (χ1) is 8.08. The normalized spacial score (nSPS) is 17.8. The molecule has 0 aliphatic carbocycles. The van der Waals surface area contributed by atoms with Crippen LogP contribution in [-0.2, 0) is 4.79 Å². The second-order valence-corrected chi connectivity index (χ2v) is 4.41. The highest BCUT2D eigenvalue weighted by Crippen LogP contribution is 2.22. The largest absolute Gasteiger partial charge is 0.545 e. The molecule has 0 bridgehead atoms. The lowest BCUT2D eigenvalue weighted by Gasteiger charge is -2.08. The van der Waals surface area contributed by atoms with Gasteiger partial charge in [0.25, 0.3) is 0 Å². The number of carboxylic acid groups (broad SMARTS) is 1. The van der Waals surface area contributed by atoms with E-state index in [4.69, 9.17) is 0 Å². The number of nitrogens with zero attached hydrogens (tertiary/aromatic N) is 2. The zero-order valence-electron chi connectivity index (χ0n) is 9.04. The van der Waals surface area contributed by atoms with Gasteiger partial charge in [0.05, 0.1) is 17.4 Å². The van der Waals surface area contributed by atoms with Gasteiger partial charge in [-0.25, -0.2) is 4.99 Å². The number of hydrogen-bond donors (Lipinski definition) is 0. The number of hydrogen-bond acceptors (Lipinski definition) is 5. The van der Waals surface area contributed by atoms with Gasteiger partial charge >= 0.3 is 0 Å². The molecule has 0 N–H and O–H groups in total. The Hall–Kier alpha value is -1.82. The van der Waals surface area contributed by atoms with Crippen molar-refractivity contribution < 1.29 is 14.7 Å². The molecule has 1 aromatic carbocycles. The number of amidine groups is 1. The topological polar surface area (TPSA) is 72.8 Å². The molecule has 0 radical (unpaired) electrons. The van der Waals surface area contributed by atoms with Crippen molar-refractivity contribution in [2.75, 3.05) is 12.8 Å². The number of amides is 1. The van der Waals surface area contributed by atoms with E-state index in [1.165, 1.54) is 28.8 Å². The number of carbonyl (C=O) groups is 2. The molecule has 5 nitrogen and oxygen atoms in total. The average Bonchev–Trinajstić information content (AvgIpc) is 2.62. The second-order valence-electron chi connectivity index (χ2n) is 3.47. The molecule has 0 spiro atoms. The molecular weight excluding hydrogens is 240 g/mol. The van der Waals surface area contributed by atoms with E-state index in [1.807, 2.05) is 0 Å². The predicted molar refractivity (Wildman–Crippen MR) is 63.1 cm³/mol. The third kappa shape index (κ3) is 2.47. The third-order valence-corrected chi connectivity index (χ3v) is 3.33. The number of aliphatic imine (C=N–C) groups is 1. The highest BCUT2D eigenvalue weighted by atomic mass is 32.2. The van der Waals surface area contributed by atoms with Gasteiger partial charge in [-0.1, -0.05) is 23.9 Å². The minimum absolute atomic E-state index is 0.0140. The number of carboxylic acids is 1. The van der Waals surface area contributed by atoms with Gasteiger partial charge in [-0.05, 0) is 17.7 Å². The summed E-state index contributed by atoms with van der Waals surface area (Å²) < 4.78 is 0. The Kier molecular flexibility index (Phi) is 3.14. The summed E-state index contributed by atoms with van der Waals surface area (Å²) in [4.78, 5) is 27.5. The summed E-state index contributed by atoms with van der Waals surface area (Å²) in [6, 6.07) is 6.01. The molecule has 1 heterocycles. The number of thioether (sulfide) groups is 1. The molecule has 6 heteroatoms. The lowest BCUT2D eigenvalue weighted by Crippen LogP contribution is -2.24. The fourth-order valence-electron chi connectivity index (χ4n) is 1.32. The van der Waals surface area contributed by atoms with Crippen LogP contribution in [0.5, 0.6) is 0 Å². The van der Waals surface area contributed by atoms with Crippen molar-refractivity contribution in [3.63, 3.8) is 0 Å². The van der Waals surface area contributed by atoms with E-state index in [0.29, 0.717) is 16.6 Å². The maximum atomic E-state index is 11.3. The van der Waals surface area contributed by atoms with Crippen LogP contribution in [0.3, 0.4) is 0 Å². The second kappa shape index (κ2) is 4.58. The number of aromatic carboxylic acids is 1. The quantitative estimate of drug-likeness (QED) is 0.752. The van der Waals surface area contributed by atoms with Gasteiger partial charge in [-0.15, -0.1) is 0 Å². The first-order valence-electron chi connectivity index (χ1n) is 4.87. The maximum Gasteiger partial charge on any atom is 0.238 e. The van der Waals surface area contributed by atoms with Crippen molar-refractivity contribution in [2.45, 2.75) is 0 Å². The average molecular weight is 249 g/mol. The maximum absolute atomic E-state index is 11.3. The summed E-state index contributed by atoms with van der Waals surface area (Å²) in [5.41, 5.74) is 0.719. The molecule has 88 valence electrons. The van der Waals surface area contributed by atoms with Crippen molar-refractivity contribution in [3.8, 4) is 0 Å². The van der Waals surface area contributed by atoms with E-state index in [0.717, 1.165) is 0 Å². The first kappa shape index (κ1) is 11.7. The summed E-state index contributed by atoms with van der Waals surface area (Å²) in [6.07, 6.45) is 0. The van der Waals surface area contributed by atoms with Crippen molar-refractivity contribution in [2.24, 2.45) is 4.99 Å². The Morgan fingerprint density at radius 3 is 2.53 bits per heavy atom. The molecule has 1 aliphatic heterocycles. The number of rotatable bonds is 2. The van der Waals surface area contributed by atoms with Crippen LogP contribution >= 0.6 is 11.8 Å². The molecule has 0 atom stereocenters. The minimum atomic E-state index is -1.22. The van der Waals surface area contributed by atoms with Crippen LogP contribution in [0.2, 0.25) is 0 Å². The van der Waals surface area contributed by atoms with Crippen LogP contribution in [-0.4, -0.2) is 34.7 Å². The van der Waals surface area contributed by atoms with Gasteiger partial charge in [-0.2, -0.15) is 0 Å². The zero-order valence-corrected chi connectivity index (χ0v) is 9.86. The summed E-state index contributed by atoms with van der Waals surface area (Å²) in [5.74, 6) is -0.807. The van der Waals surface area contributed by atoms with E-state index in [1.54, 1.807) is 19.2 Å². The SMILES string of the molecule is CN1C(=O)CSC1=Nc1ccc(C(=O)[O-])cc1. The molecule has 2 rings (SSSR count). The molecule has 17 heavy (non-hydrogen) atoms. The lowest BCUT2D eigenvalue weighted by molar-refractivity contribution is -0.255. The van der Waals surface area contributed by atoms with E-state index in [2.05, 4.69) is 4.99 Å². The molecule has 1 saturated heterocycles. The lowest BCUT2D eigenvalue weighted by atomic mass is 10.2. The molecular formula is C11H9N2O3S-. The molecule has 1 amide bonds. The molecule has 1 aromatic rings. The van der Waals surface area contributed by atoms with Crippen LogP contribution in [0, 0.1) is 0 Å². The van der Waals surface area contributed by atoms with Crippen LogP contribution in [0.25, 0.3) is 0 Å². The minimum Gasteiger partial charge on any atom is -0.545 e. The summed E-state index contributed by atoms with van der Waals surface area (Å²) in [5, 5.41) is 11.2. The van der Waals surface area contributed by atoms with E-state index in [-0.39, 0.29) is 11.5 Å². The molecule has 0 aromatic heterocycles. The monoisotopic (exact) mass is 249 g/mol. The smallest absolute Gasteiger partial charge is 0.238 e. The van der Waals surface area contributed by atoms with Gasteiger partial charge < -0.3 is 9.90 Å². The Morgan fingerprint density at radius 1 is 1.41 bits per heavy atom. The van der Waals surface area contributed by atoms with Crippen molar-refractivity contribution in [1.29, 1.82) is 0 Å². The Morgan fingerprint density at radius 2 is 2.06 bits per heavy atom. The Labute approximate surface area is 102 Å². The summed E-state index contributed by atoms with van der Waals surface area (Å²) >= 11 is 1.36. The van der Waals surface area contributed by atoms with Crippen LogP contribution in [0.1, 0.15) is 10.4 Å². The fraction of sp³-hybridized carbons (Fsp3) is 0.182. The molecule has 1 aliphatic rings. The van der Waals surface area contributed by atoms with Crippen molar-refractivity contribution in [1.82, 2.24) is 4.90 Å². The van der Waals surface area contributed by atoms with Gasteiger partial charge in [-0.3, -0.25) is 9.69 Å². The van der Waals surface area contributed by atoms with E-state index in [9.17, 15) is 14.7 Å². The summed E-state index contributed by atoms with van der Waals surface area (Å²) in [6.45, 7) is 0. The van der Waals surface area contributed by atoms with E-state index >= 15 is 0 Å². The van der Waals surface area contributed by atoms with Crippen LogP contribution in [0.15, 0.2) is 29.3 Å². The highest BCUT2D eigenvalue weighted by Gasteiger charge is 2.23. The van der Waals surface area contributed by atoms with Gasteiger partial charge in [0, 0.05) is 7.05 Å². The van der Waals surface area contributed by atoms with Gasteiger partial charge in [0.15, 0.2) is 5.17 Å². The first-order valence-corrected chi connectivity index (χ1v) is 5.86. The standard InChI is InChI=1S/C11H10N2O3S/c1-13-9(14)6-17-11(13)12-8-4-2-7(3-5-8)10(15)16/h2-5H,6H2,1H3,(H,15,16)/p-1. The third-order valence-electron chi connectivity index (χ3n) is 2.31. The van der Waals surface area contributed by atoms with E-state index < -0.39 is 5.97 Å². The summed E-state index contributed by atoms with van der Waals surface area (Å²) in [7, 11) is 1.66. The van der Waals surface area contributed by atoms with Gasteiger partial charge in [0.2, 0.25) is 5.91 Å². The predicted octanol–water partition coefficient (Wildman–Crippen LogP) is 0.243.